The third-order valence-electron chi connectivity index (χ3n) is 6.40. The van der Waals surface area contributed by atoms with E-state index < -0.39 is 11.8 Å². The molecule has 1 fully saturated rings. The number of anilines is 2. The number of hydrogen-bond donors (Lipinski definition) is 2. The van der Waals surface area contributed by atoms with Gasteiger partial charge < -0.3 is 15.5 Å². The van der Waals surface area contributed by atoms with Crippen molar-refractivity contribution in [2.75, 3.05) is 42.9 Å². The number of hydrogen-bond acceptors (Lipinski definition) is 5. The third-order valence-corrected chi connectivity index (χ3v) is 6.40. The average Bonchev–Trinajstić information content (AvgIpc) is 2.88. The van der Waals surface area contributed by atoms with Crippen molar-refractivity contribution in [1.82, 2.24) is 15.2 Å². The standard InChI is InChI=1S/C27H30FN5O2/c1-19-5-3-6-20(2)25(19)31-27(35)26(34)30-18-24(21-7-4-12-29-17-21)33-15-13-32(14-16-33)23-10-8-22(28)9-11-23/h3-12,17,24H,13-16,18H2,1-2H3,(H,30,34)(H,31,35). The van der Waals surface area contributed by atoms with Gasteiger partial charge in [0.25, 0.3) is 0 Å². The lowest BCUT2D eigenvalue weighted by Crippen LogP contribution is -2.50. The molecule has 0 radical (unpaired) electrons. The molecule has 3 aromatic rings. The first-order valence-electron chi connectivity index (χ1n) is 11.7. The Kier molecular flexibility index (Phi) is 7.72. The molecule has 1 atom stereocenters. The van der Waals surface area contributed by atoms with Gasteiger partial charge in [-0.1, -0.05) is 24.3 Å². The number of nitrogens with one attached hydrogen (secondary N) is 2. The van der Waals surface area contributed by atoms with Crippen molar-refractivity contribution in [2.45, 2.75) is 19.9 Å². The summed E-state index contributed by atoms with van der Waals surface area (Å²) < 4.78 is 13.3. The Balaban J connectivity index is 1.40. The van der Waals surface area contributed by atoms with Gasteiger partial charge in [0.2, 0.25) is 0 Å². The fourth-order valence-electron chi connectivity index (χ4n) is 4.43. The van der Waals surface area contributed by atoms with Gasteiger partial charge in [-0.05, 0) is 60.9 Å². The molecule has 4 rings (SSSR count). The summed E-state index contributed by atoms with van der Waals surface area (Å²) in [4.78, 5) is 34.0. The lowest BCUT2D eigenvalue weighted by atomic mass is 10.1. The summed E-state index contributed by atoms with van der Waals surface area (Å²) in [5.74, 6) is -1.61. The highest BCUT2D eigenvalue weighted by Gasteiger charge is 2.27. The van der Waals surface area contributed by atoms with E-state index in [4.69, 9.17) is 0 Å². The molecule has 1 unspecified atom stereocenters. The molecule has 0 spiro atoms. The highest BCUT2D eigenvalue weighted by Crippen LogP contribution is 2.24. The maximum atomic E-state index is 13.3. The van der Waals surface area contributed by atoms with E-state index in [2.05, 4.69) is 25.4 Å². The van der Waals surface area contributed by atoms with E-state index in [0.29, 0.717) is 5.69 Å². The molecular weight excluding hydrogens is 445 g/mol. The summed E-state index contributed by atoms with van der Waals surface area (Å²) >= 11 is 0. The van der Waals surface area contributed by atoms with E-state index in [9.17, 15) is 14.0 Å². The van der Waals surface area contributed by atoms with Crippen LogP contribution in [-0.4, -0.2) is 54.4 Å². The zero-order chi connectivity index (χ0) is 24.8. The van der Waals surface area contributed by atoms with Gasteiger partial charge in [-0.25, -0.2) is 4.39 Å². The summed E-state index contributed by atoms with van der Waals surface area (Å²) in [5, 5.41) is 5.55. The summed E-state index contributed by atoms with van der Waals surface area (Å²) in [7, 11) is 0. The van der Waals surface area contributed by atoms with Crippen LogP contribution in [0.2, 0.25) is 0 Å². The average molecular weight is 476 g/mol. The molecule has 2 heterocycles. The van der Waals surface area contributed by atoms with Crippen LogP contribution in [0.25, 0.3) is 0 Å². The summed E-state index contributed by atoms with van der Waals surface area (Å²) in [6, 6.07) is 15.9. The van der Waals surface area contributed by atoms with Crippen molar-refractivity contribution in [2.24, 2.45) is 0 Å². The van der Waals surface area contributed by atoms with Gasteiger partial charge in [0.05, 0.1) is 6.04 Å². The summed E-state index contributed by atoms with van der Waals surface area (Å²) in [5.41, 5.74) is 4.42. The molecule has 7 nitrogen and oxygen atoms in total. The second kappa shape index (κ2) is 11.1. The molecule has 35 heavy (non-hydrogen) atoms. The van der Waals surface area contributed by atoms with E-state index in [1.165, 1.54) is 12.1 Å². The molecule has 8 heteroatoms. The van der Waals surface area contributed by atoms with Crippen molar-refractivity contribution in [3.05, 3.63) is 89.5 Å². The van der Waals surface area contributed by atoms with Crippen molar-refractivity contribution >= 4 is 23.2 Å². The fraction of sp³-hybridized carbons (Fsp3) is 0.296. The molecule has 2 amide bonds. The predicted molar refractivity (Wildman–Crippen MR) is 135 cm³/mol. The van der Waals surface area contributed by atoms with Crippen molar-refractivity contribution in [3.63, 3.8) is 0 Å². The van der Waals surface area contributed by atoms with Gasteiger partial charge in [0.15, 0.2) is 0 Å². The molecule has 1 aromatic heterocycles. The zero-order valence-electron chi connectivity index (χ0n) is 20.0. The van der Waals surface area contributed by atoms with Crippen LogP contribution >= 0.6 is 0 Å². The second-order valence-corrected chi connectivity index (χ2v) is 8.73. The van der Waals surface area contributed by atoms with Crippen LogP contribution in [0.1, 0.15) is 22.7 Å². The van der Waals surface area contributed by atoms with Crippen LogP contribution in [0.15, 0.2) is 67.0 Å². The third kappa shape index (κ3) is 6.02. The summed E-state index contributed by atoms with van der Waals surface area (Å²) in [6.07, 6.45) is 3.50. The molecule has 2 N–H and O–H groups in total. The van der Waals surface area contributed by atoms with E-state index in [0.717, 1.165) is 48.6 Å². The highest BCUT2D eigenvalue weighted by molar-refractivity contribution is 6.39. The molecule has 1 aliphatic rings. The number of halogens is 1. The molecule has 1 aliphatic heterocycles. The number of benzene rings is 2. The number of nitrogens with zero attached hydrogens (tertiary/aromatic N) is 3. The van der Waals surface area contributed by atoms with Crippen LogP contribution in [0.5, 0.6) is 0 Å². The normalized spacial score (nSPS) is 14.9. The lowest BCUT2D eigenvalue weighted by Gasteiger charge is -2.40. The minimum Gasteiger partial charge on any atom is -0.369 e. The molecule has 1 saturated heterocycles. The number of pyridine rings is 1. The maximum Gasteiger partial charge on any atom is 0.313 e. The van der Waals surface area contributed by atoms with Gasteiger partial charge in [-0.3, -0.25) is 19.5 Å². The Morgan fingerprint density at radius 2 is 1.63 bits per heavy atom. The van der Waals surface area contributed by atoms with Gasteiger partial charge in [0, 0.05) is 56.5 Å². The lowest BCUT2D eigenvalue weighted by molar-refractivity contribution is -0.136. The Labute approximate surface area is 205 Å². The van der Waals surface area contributed by atoms with Gasteiger partial charge in [-0.15, -0.1) is 0 Å². The first-order valence-corrected chi connectivity index (χ1v) is 11.7. The van der Waals surface area contributed by atoms with Crippen LogP contribution in [0.4, 0.5) is 15.8 Å². The highest BCUT2D eigenvalue weighted by atomic mass is 19.1. The smallest absolute Gasteiger partial charge is 0.313 e. The fourth-order valence-corrected chi connectivity index (χ4v) is 4.43. The molecule has 2 aromatic carbocycles. The summed E-state index contributed by atoms with van der Waals surface area (Å²) in [6.45, 7) is 7.10. The second-order valence-electron chi connectivity index (χ2n) is 8.73. The van der Waals surface area contributed by atoms with Crippen LogP contribution in [-0.2, 0) is 9.59 Å². The first-order chi connectivity index (χ1) is 16.9. The Bertz CT molecular complexity index is 1140. The largest absolute Gasteiger partial charge is 0.369 e. The first kappa shape index (κ1) is 24.3. The predicted octanol–water partition coefficient (Wildman–Crippen LogP) is 3.46. The zero-order valence-corrected chi connectivity index (χ0v) is 20.0. The molecule has 182 valence electrons. The van der Waals surface area contributed by atoms with Crippen molar-refractivity contribution in [1.29, 1.82) is 0 Å². The van der Waals surface area contributed by atoms with E-state index in [-0.39, 0.29) is 18.4 Å². The SMILES string of the molecule is Cc1cccc(C)c1NC(=O)C(=O)NCC(c1cccnc1)N1CCN(c2ccc(F)cc2)CC1. The van der Waals surface area contributed by atoms with Crippen molar-refractivity contribution in [3.8, 4) is 0 Å². The monoisotopic (exact) mass is 475 g/mol. The molecule has 0 saturated carbocycles. The Hall–Kier alpha value is -3.78. The van der Waals surface area contributed by atoms with E-state index >= 15 is 0 Å². The number of carbonyl (C=O) groups excluding carboxylic acids is 2. The van der Waals surface area contributed by atoms with Crippen LogP contribution < -0.4 is 15.5 Å². The van der Waals surface area contributed by atoms with Gasteiger partial charge in [0.1, 0.15) is 5.82 Å². The topological polar surface area (TPSA) is 77.6 Å². The quantitative estimate of drug-likeness (QED) is 0.534. The number of rotatable bonds is 6. The molecule has 0 bridgehead atoms. The number of amides is 2. The number of piperazine rings is 1. The Morgan fingerprint density at radius 3 is 2.26 bits per heavy atom. The minimum absolute atomic E-state index is 0.129. The van der Waals surface area contributed by atoms with Crippen molar-refractivity contribution < 1.29 is 14.0 Å². The number of para-hydroxylation sites is 1. The number of carbonyl (C=O) groups is 2. The number of aryl methyl sites for hydroxylation is 2. The van der Waals surface area contributed by atoms with Crippen LogP contribution in [0, 0.1) is 19.7 Å². The van der Waals surface area contributed by atoms with E-state index in [1.807, 2.05) is 44.2 Å². The molecule has 0 aliphatic carbocycles. The Morgan fingerprint density at radius 1 is 0.943 bits per heavy atom. The van der Waals surface area contributed by atoms with Crippen LogP contribution in [0.3, 0.4) is 0 Å². The maximum absolute atomic E-state index is 13.3. The van der Waals surface area contributed by atoms with Gasteiger partial charge in [-0.2, -0.15) is 0 Å². The molecular formula is C27H30FN5O2. The van der Waals surface area contributed by atoms with Gasteiger partial charge >= 0.3 is 11.8 Å². The number of aromatic nitrogens is 1. The minimum atomic E-state index is -0.687. The van der Waals surface area contributed by atoms with E-state index in [1.54, 1.807) is 24.5 Å².